The number of hydrogen-bond donors (Lipinski definition) is 0. The smallest absolute Gasteiger partial charge is 0.243 e. The molecule has 1 aromatic heterocycles. The summed E-state index contributed by atoms with van der Waals surface area (Å²) in [4.78, 5) is 19.5. The number of hydrogen-bond acceptors (Lipinski definition) is 4. The molecule has 2 heterocycles. The quantitative estimate of drug-likeness (QED) is 0.527. The molecule has 1 atom stereocenters. The van der Waals surface area contributed by atoms with Crippen molar-refractivity contribution in [3.8, 4) is 0 Å². The van der Waals surface area contributed by atoms with Crippen LogP contribution in [0.15, 0.2) is 53.4 Å². The second-order valence-corrected chi connectivity index (χ2v) is 10.7. The molecule has 1 amide bonds. The van der Waals surface area contributed by atoms with Crippen molar-refractivity contribution in [2.24, 2.45) is 7.05 Å². The van der Waals surface area contributed by atoms with Gasteiger partial charge in [0, 0.05) is 40.0 Å². The number of fused-ring (bicyclic) bond motifs is 1. The minimum Gasteiger partial charge on any atom is -0.339 e. The monoisotopic (exact) mass is 468 g/mol. The average Bonchev–Trinajstić information content (AvgIpc) is 3.17. The fraction of sp³-hybridized carbons (Fsp3) is 0.440. The third kappa shape index (κ3) is 4.82. The summed E-state index contributed by atoms with van der Waals surface area (Å²) in [6.45, 7) is 3.17. The van der Waals surface area contributed by atoms with Gasteiger partial charge < -0.3 is 9.47 Å². The van der Waals surface area contributed by atoms with Gasteiger partial charge in [-0.1, -0.05) is 36.8 Å². The topological polar surface area (TPSA) is 75.5 Å². The number of benzene rings is 2. The molecule has 0 spiro atoms. The lowest BCUT2D eigenvalue weighted by molar-refractivity contribution is -0.131. The summed E-state index contributed by atoms with van der Waals surface area (Å²) in [6, 6.07) is 15.1. The average molecular weight is 469 g/mol. The van der Waals surface area contributed by atoms with Gasteiger partial charge in [0.05, 0.1) is 22.0 Å². The van der Waals surface area contributed by atoms with Crippen LogP contribution < -0.4 is 0 Å². The zero-order valence-electron chi connectivity index (χ0n) is 19.6. The van der Waals surface area contributed by atoms with E-state index in [0.717, 1.165) is 36.2 Å². The Labute approximate surface area is 196 Å². The van der Waals surface area contributed by atoms with Crippen LogP contribution in [0.2, 0.25) is 0 Å². The summed E-state index contributed by atoms with van der Waals surface area (Å²) in [5.74, 6) is 0.818. The molecular formula is C25H32N4O3S. The highest BCUT2D eigenvalue weighted by Crippen LogP contribution is 2.25. The number of piperidine rings is 1. The highest BCUT2D eigenvalue weighted by atomic mass is 32.2. The van der Waals surface area contributed by atoms with E-state index in [2.05, 4.69) is 4.98 Å². The fourth-order valence-corrected chi connectivity index (χ4v) is 5.97. The van der Waals surface area contributed by atoms with Gasteiger partial charge in [-0.25, -0.2) is 13.4 Å². The first-order valence-electron chi connectivity index (χ1n) is 11.5. The Morgan fingerprint density at radius 3 is 2.48 bits per heavy atom. The largest absolute Gasteiger partial charge is 0.339 e. The van der Waals surface area contributed by atoms with E-state index in [0.29, 0.717) is 31.4 Å². The lowest BCUT2D eigenvalue weighted by atomic mass is 10.1. The van der Waals surface area contributed by atoms with E-state index in [1.54, 1.807) is 21.3 Å². The molecule has 0 aliphatic carbocycles. The fourth-order valence-electron chi connectivity index (χ4n) is 4.43. The lowest BCUT2D eigenvalue weighted by Crippen LogP contribution is -2.35. The standard InChI is InChI=1S/C25H32N4O3S/c1-19(20-10-6-4-7-11-20)27(2)25(30)15-14-24-26-22-18-21(12-13-23(22)28(24)3)33(31,32)29-16-8-5-9-17-29/h4,6-7,10-13,18-19H,5,8-9,14-17H2,1-3H3/t19-/m0/s1. The van der Waals surface area contributed by atoms with Crippen molar-refractivity contribution in [2.75, 3.05) is 20.1 Å². The first-order valence-corrected chi connectivity index (χ1v) is 13.0. The van der Waals surface area contributed by atoms with Gasteiger partial charge in [-0.05, 0) is 43.5 Å². The maximum atomic E-state index is 13.0. The van der Waals surface area contributed by atoms with Crippen LogP contribution >= 0.6 is 0 Å². The molecule has 3 aromatic rings. The normalized spacial score (nSPS) is 16.1. The van der Waals surface area contributed by atoms with E-state index in [1.807, 2.05) is 62.0 Å². The van der Waals surface area contributed by atoms with Crippen molar-refractivity contribution in [1.82, 2.24) is 18.8 Å². The molecule has 0 saturated carbocycles. The number of carbonyl (C=O) groups excluding carboxylic acids is 1. The lowest BCUT2D eigenvalue weighted by Gasteiger charge is -2.25. The van der Waals surface area contributed by atoms with Gasteiger partial charge >= 0.3 is 0 Å². The number of rotatable bonds is 7. The highest BCUT2D eigenvalue weighted by molar-refractivity contribution is 7.89. The second-order valence-electron chi connectivity index (χ2n) is 8.79. The number of aromatic nitrogens is 2. The minimum atomic E-state index is -3.51. The van der Waals surface area contributed by atoms with Gasteiger partial charge in [0.1, 0.15) is 5.82 Å². The Kier molecular flexibility index (Phi) is 6.86. The van der Waals surface area contributed by atoms with Crippen molar-refractivity contribution in [1.29, 1.82) is 0 Å². The van der Waals surface area contributed by atoms with E-state index >= 15 is 0 Å². The van der Waals surface area contributed by atoms with Crippen molar-refractivity contribution in [2.45, 2.75) is 50.0 Å². The SMILES string of the molecule is C[C@@H](c1ccccc1)N(C)C(=O)CCc1nc2cc(S(=O)(=O)N3CCCCC3)ccc2n1C. The zero-order valence-corrected chi connectivity index (χ0v) is 20.4. The molecule has 4 rings (SSSR count). The van der Waals surface area contributed by atoms with Crippen LogP contribution in [-0.4, -0.2) is 53.2 Å². The number of amides is 1. The van der Waals surface area contributed by atoms with Crippen LogP contribution in [0, 0.1) is 0 Å². The predicted octanol–water partition coefficient (Wildman–Crippen LogP) is 3.90. The maximum absolute atomic E-state index is 13.0. The Morgan fingerprint density at radius 2 is 1.79 bits per heavy atom. The molecule has 0 unspecified atom stereocenters. The van der Waals surface area contributed by atoms with Crippen LogP contribution in [0.3, 0.4) is 0 Å². The predicted molar refractivity (Wildman–Crippen MR) is 129 cm³/mol. The Morgan fingerprint density at radius 1 is 1.09 bits per heavy atom. The molecule has 1 saturated heterocycles. The van der Waals surface area contributed by atoms with E-state index in [9.17, 15) is 13.2 Å². The van der Waals surface area contributed by atoms with Gasteiger partial charge in [-0.3, -0.25) is 4.79 Å². The van der Waals surface area contributed by atoms with Crippen molar-refractivity contribution in [3.63, 3.8) is 0 Å². The first kappa shape index (κ1) is 23.4. The van der Waals surface area contributed by atoms with Gasteiger partial charge in [0.15, 0.2) is 0 Å². The number of nitrogens with zero attached hydrogens (tertiary/aromatic N) is 4. The molecule has 7 nitrogen and oxygen atoms in total. The molecule has 2 aromatic carbocycles. The van der Waals surface area contributed by atoms with Crippen LogP contribution in [0.1, 0.15) is 50.0 Å². The summed E-state index contributed by atoms with van der Waals surface area (Å²) >= 11 is 0. The van der Waals surface area contributed by atoms with Crippen molar-refractivity contribution in [3.05, 3.63) is 59.9 Å². The number of imidazole rings is 1. The van der Waals surface area contributed by atoms with E-state index in [1.165, 1.54) is 0 Å². The Hall–Kier alpha value is -2.71. The molecule has 0 N–H and O–H groups in total. The van der Waals surface area contributed by atoms with Crippen molar-refractivity contribution >= 4 is 27.0 Å². The summed E-state index contributed by atoms with van der Waals surface area (Å²) in [5, 5.41) is 0. The molecule has 8 heteroatoms. The minimum absolute atomic E-state index is 0.0123. The van der Waals surface area contributed by atoms with Crippen LogP contribution in [0.25, 0.3) is 11.0 Å². The van der Waals surface area contributed by atoms with Crippen molar-refractivity contribution < 1.29 is 13.2 Å². The summed E-state index contributed by atoms with van der Waals surface area (Å²) < 4.78 is 29.6. The second kappa shape index (κ2) is 9.65. The zero-order chi connectivity index (χ0) is 23.6. The maximum Gasteiger partial charge on any atom is 0.243 e. The molecule has 1 aliphatic rings. The third-order valence-corrected chi connectivity index (χ3v) is 8.61. The Balaban J connectivity index is 1.48. The van der Waals surface area contributed by atoms with Gasteiger partial charge in [-0.2, -0.15) is 4.31 Å². The van der Waals surface area contributed by atoms with E-state index < -0.39 is 10.0 Å². The molecule has 1 aliphatic heterocycles. The number of aryl methyl sites for hydroxylation is 2. The number of sulfonamides is 1. The molecule has 0 bridgehead atoms. The summed E-state index contributed by atoms with van der Waals surface area (Å²) in [5.41, 5.74) is 2.60. The third-order valence-electron chi connectivity index (χ3n) is 6.72. The number of carbonyl (C=O) groups is 1. The van der Waals surface area contributed by atoms with Gasteiger partial charge in [0.25, 0.3) is 0 Å². The first-order chi connectivity index (χ1) is 15.8. The molecular weight excluding hydrogens is 436 g/mol. The molecule has 0 radical (unpaired) electrons. The summed E-state index contributed by atoms with van der Waals surface area (Å²) in [6.07, 6.45) is 3.71. The molecule has 33 heavy (non-hydrogen) atoms. The summed E-state index contributed by atoms with van der Waals surface area (Å²) in [7, 11) is 0.226. The highest BCUT2D eigenvalue weighted by Gasteiger charge is 2.26. The van der Waals surface area contributed by atoms with E-state index in [4.69, 9.17) is 0 Å². The van der Waals surface area contributed by atoms with Gasteiger partial charge in [-0.15, -0.1) is 0 Å². The van der Waals surface area contributed by atoms with Crippen LogP contribution in [0.5, 0.6) is 0 Å². The van der Waals surface area contributed by atoms with E-state index in [-0.39, 0.29) is 16.8 Å². The van der Waals surface area contributed by atoms with Gasteiger partial charge in [0.2, 0.25) is 15.9 Å². The molecule has 176 valence electrons. The van der Waals surface area contributed by atoms with Crippen LogP contribution in [-0.2, 0) is 28.3 Å². The Bertz CT molecular complexity index is 1230. The molecule has 1 fully saturated rings. The van der Waals surface area contributed by atoms with Crippen LogP contribution in [0.4, 0.5) is 0 Å².